The highest BCUT2D eigenvalue weighted by Gasteiger charge is 2.39. The van der Waals surface area contributed by atoms with E-state index in [1.807, 2.05) is 0 Å². The second-order valence-corrected chi connectivity index (χ2v) is 19.1. The first kappa shape index (κ1) is 40.2. The number of nitrogens with zero attached hydrogens (tertiary/aromatic N) is 1. The van der Waals surface area contributed by atoms with Gasteiger partial charge >= 0.3 is 0 Å². The molecule has 0 saturated carbocycles. The van der Waals surface area contributed by atoms with Crippen LogP contribution in [0.1, 0.15) is 25.0 Å². The molecule has 330 valence electrons. The van der Waals surface area contributed by atoms with Crippen LogP contribution in [0.2, 0.25) is 0 Å². The second kappa shape index (κ2) is 15.6. The van der Waals surface area contributed by atoms with Crippen molar-refractivity contribution >= 4 is 71.7 Å². The highest BCUT2D eigenvalue weighted by atomic mass is 16.3. The van der Waals surface area contributed by atoms with E-state index in [1.165, 1.54) is 49.8 Å². The molecule has 2 heterocycles. The van der Waals surface area contributed by atoms with Crippen LogP contribution in [0.15, 0.2) is 245 Å². The van der Waals surface area contributed by atoms with Gasteiger partial charge in [-0.05, 0) is 133 Å². The van der Waals surface area contributed by atoms with Crippen LogP contribution in [0, 0.1) is 0 Å². The molecule has 13 aromatic rings. The standard InChI is InChI=1S/C67H45NO2/c1-67(2)56-26-11-8-21-49(56)53-25-15-27-57(66(53)67)68(46-34-30-43(31-35-46)42-16-4-3-5-17-42)47-36-32-45(33-37-47)62-51(38-40-60-64(62)54-22-9-12-28-58(54)69-60)52-39-41-61-65(55-23-10-13-29-59(55)70-61)63(52)50-24-14-19-44-18-6-7-20-48(44)50/h3-41H,1-2H3. The van der Waals surface area contributed by atoms with Gasteiger partial charge in [0.2, 0.25) is 0 Å². The molecule has 0 spiro atoms. The zero-order chi connectivity index (χ0) is 46.5. The van der Waals surface area contributed by atoms with E-state index in [9.17, 15) is 0 Å². The number of hydrogen-bond acceptors (Lipinski definition) is 3. The fourth-order valence-corrected chi connectivity index (χ4v) is 11.7. The molecule has 0 radical (unpaired) electrons. The van der Waals surface area contributed by atoms with Crippen LogP contribution in [0.4, 0.5) is 17.1 Å². The van der Waals surface area contributed by atoms with Crippen molar-refractivity contribution in [1.29, 1.82) is 0 Å². The van der Waals surface area contributed by atoms with Gasteiger partial charge < -0.3 is 13.7 Å². The number of benzene rings is 11. The first-order valence-corrected chi connectivity index (χ1v) is 24.2. The summed E-state index contributed by atoms with van der Waals surface area (Å²) in [5.41, 5.74) is 21.0. The minimum absolute atomic E-state index is 0.221. The monoisotopic (exact) mass is 895 g/mol. The maximum atomic E-state index is 6.68. The Labute approximate surface area is 406 Å². The van der Waals surface area contributed by atoms with Gasteiger partial charge in [-0.15, -0.1) is 0 Å². The Bertz CT molecular complexity index is 4190. The van der Waals surface area contributed by atoms with E-state index in [2.05, 4.69) is 255 Å². The van der Waals surface area contributed by atoms with Crippen molar-refractivity contribution in [2.24, 2.45) is 0 Å². The summed E-state index contributed by atoms with van der Waals surface area (Å²) in [7, 11) is 0. The zero-order valence-electron chi connectivity index (χ0n) is 38.8. The second-order valence-electron chi connectivity index (χ2n) is 19.1. The summed E-state index contributed by atoms with van der Waals surface area (Å²) in [4.78, 5) is 2.45. The van der Waals surface area contributed by atoms with E-state index in [-0.39, 0.29) is 5.41 Å². The lowest BCUT2D eigenvalue weighted by Gasteiger charge is -2.32. The average molecular weight is 896 g/mol. The molecule has 0 saturated heterocycles. The molecule has 0 unspecified atom stereocenters. The van der Waals surface area contributed by atoms with Crippen LogP contribution in [0.25, 0.3) is 110 Å². The first-order valence-electron chi connectivity index (χ1n) is 24.2. The van der Waals surface area contributed by atoms with Crippen molar-refractivity contribution in [2.75, 3.05) is 4.90 Å². The molecule has 11 aromatic carbocycles. The molecule has 1 aliphatic rings. The lowest BCUT2D eigenvalue weighted by atomic mass is 9.81. The summed E-state index contributed by atoms with van der Waals surface area (Å²) in [6.45, 7) is 4.74. The Morgan fingerprint density at radius 2 is 0.829 bits per heavy atom. The van der Waals surface area contributed by atoms with Crippen molar-refractivity contribution in [3.05, 3.63) is 248 Å². The molecular formula is C67H45NO2. The fourth-order valence-electron chi connectivity index (χ4n) is 11.7. The molecule has 0 amide bonds. The molecule has 14 rings (SSSR count). The SMILES string of the molecule is CC1(C)c2ccccc2-c2cccc(N(c3ccc(-c4ccccc4)cc3)c3ccc(-c4c(-c5ccc6oc7ccccc7c6c5-c5cccc6ccccc56)ccc5oc6ccccc6c45)cc3)c21. The summed E-state index contributed by atoms with van der Waals surface area (Å²) >= 11 is 0. The normalized spacial score (nSPS) is 12.8. The van der Waals surface area contributed by atoms with Crippen molar-refractivity contribution in [3.63, 3.8) is 0 Å². The summed E-state index contributed by atoms with van der Waals surface area (Å²) in [6.07, 6.45) is 0. The molecule has 2 aromatic heterocycles. The predicted octanol–water partition coefficient (Wildman–Crippen LogP) is 19.1. The number of rotatable bonds is 7. The first-order chi connectivity index (χ1) is 34.5. The van der Waals surface area contributed by atoms with Crippen molar-refractivity contribution in [1.82, 2.24) is 0 Å². The summed E-state index contributed by atoms with van der Waals surface area (Å²) in [5.74, 6) is 0. The molecule has 0 fully saturated rings. The topological polar surface area (TPSA) is 29.5 Å². The Hall–Kier alpha value is -8.92. The smallest absolute Gasteiger partial charge is 0.136 e. The lowest BCUT2D eigenvalue weighted by molar-refractivity contribution is 0.661. The van der Waals surface area contributed by atoms with Gasteiger partial charge in [-0.1, -0.05) is 184 Å². The Kier molecular flexibility index (Phi) is 8.93. The lowest BCUT2D eigenvalue weighted by Crippen LogP contribution is -2.20. The molecular weight excluding hydrogens is 851 g/mol. The third-order valence-corrected chi connectivity index (χ3v) is 14.9. The number of furan rings is 2. The molecule has 0 N–H and O–H groups in total. The summed E-state index contributed by atoms with van der Waals surface area (Å²) in [6, 6.07) is 85.6. The minimum atomic E-state index is -0.221. The third-order valence-electron chi connectivity index (χ3n) is 14.9. The maximum absolute atomic E-state index is 6.68. The molecule has 1 aliphatic carbocycles. The largest absolute Gasteiger partial charge is 0.456 e. The maximum Gasteiger partial charge on any atom is 0.136 e. The van der Waals surface area contributed by atoms with Crippen LogP contribution in [0.3, 0.4) is 0 Å². The number of anilines is 3. The fraction of sp³-hybridized carbons (Fsp3) is 0.0448. The van der Waals surface area contributed by atoms with Gasteiger partial charge in [-0.2, -0.15) is 0 Å². The summed E-state index contributed by atoms with van der Waals surface area (Å²) in [5, 5.41) is 6.77. The Balaban J connectivity index is 1.01. The van der Waals surface area contributed by atoms with Gasteiger partial charge in [-0.25, -0.2) is 0 Å². The Morgan fingerprint density at radius 3 is 1.53 bits per heavy atom. The van der Waals surface area contributed by atoms with Crippen LogP contribution in [0.5, 0.6) is 0 Å². The third kappa shape index (κ3) is 6.08. The zero-order valence-corrected chi connectivity index (χ0v) is 38.8. The van der Waals surface area contributed by atoms with Gasteiger partial charge in [0.25, 0.3) is 0 Å². The highest BCUT2D eigenvalue weighted by Crippen LogP contribution is 2.55. The van der Waals surface area contributed by atoms with E-state index < -0.39 is 0 Å². The van der Waals surface area contributed by atoms with Gasteiger partial charge in [0.05, 0.1) is 5.69 Å². The highest BCUT2D eigenvalue weighted by molar-refractivity contribution is 6.22. The van der Waals surface area contributed by atoms with E-state index >= 15 is 0 Å². The average Bonchev–Trinajstić information content (AvgIpc) is 4.07. The summed E-state index contributed by atoms with van der Waals surface area (Å²) < 4.78 is 13.3. The van der Waals surface area contributed by atoms with Gasteiger partial charge in [-0.3, -0.25) is 0 Å². The van der Waals surface area contributed by atoms with Crippen molar-refractivity contribution in [2.45, 2.75) is 19.3 Å². The minimum Gasteiger partial charge on any atom is -0.456 e. The molecule has 0 bridgehead atoms. The van der Waals surface area contributed by atoms with Gasteiger partial charge in [0.1, 0.15) is 22.3 Å². The van der Waals surface area contributed by atoms with Crippen molar-refractivity contribution in [3.8, 4) is 55.6 Å². The quantitative estimate of drug-likeness (QED) is 0.160. The van der Waals surface area contributed by atoms with Crippen molar-refractivity contribution < 1.29 is 8.83 Å². The number of para-hydroxylation sites is 2. The predicted molar refractivity (Wildman–Crippen MR) is 292 cm³/mol. The van der Waals surface area contributed by atoms with Crippen LogP contribution >= 0.6 is 0 Å². The van der Waals surface area contributed by atoms with Crippen LogP contribution in [-0.2, 0) is 5.41 Å². The molecule has 3 heteroatoms. The molecule has 70 heavy (non-hydrogen) atoms. The van der Waals surface area contributed by atoms with E-state index in [0.717, 1.165) is 88.6 Å². The van der Waals surface area contributed by atoms with E-state index in [1.54, 1.807) is 0 Å². The Morgan fingerprint density at radius 1 is 0.329 bits per heavy atom. The van der Waals surface area contributed by atoms with Gasteiger partial charge in [0, 0.05) is 49.5 Å². The number of fused-ring (bicyclic) bond motifs is 10. The van der Waals surface area contributed by atoms with Crippen LogP contribution < -0.4 is 4.90 Å². The molecule has 3 nitrogen and oxygen atoms in total. The molecule has 0 aliphatic heterocycles. The van der Waals surface area contributed by atoms with Gasteiger partial charge in [0.15, 0.2) is 0 Å². The molecule has 0 atom stereocenters. The van der Waals surface area contributed by atoms with E-state index in [4.69, 9.17) is 8.83 Å². The van der Waals surface area contributed by atoms with Crippen LogP contribution in [-0.4, -0.2) is 0 Å². The van der Waals surface area contributed by atoms with E-state index in [0.29, 0.717) is 0 Å². The number of hydrogen-bond donors (Lipinski definition) is 0.